The second kappa shape index (κ2) is 9.80. The van der Waals surface area contributed by atoms with Gasteiger partial charge in [-0.2, -0.15) is 0 Å². The van der Waals surface area contributed by atoms with Crippen LogP contribution in [0.3, 0.4) is 0 Å². The highest BCUT2D eigenvalue weighted by molar-refractivity contribution is 7.89. The topological polar surface area (TPSA) is 94.2 Å². The summed E-state index contributed by atoms with van der Waals surface area (Å²) in [5, 5.41) is 0. The number of nitrogens with zero attached hydrogens (tertiary/aromatic N) is 1. The van der Waals surface area contributed by atoms with Gasteiger partial charge in [0.05, 0.1) is 29.8 Å². The van der Waals surface area contributed by atoms with Crippen LogP contribution in [0.15, 0.2) is 29.2 Å². The van der Waals surface area contributed by atoms with Crippen molar-refractivity contribution in [2.24, 2.45) is 0 Å². The lowest BCUT2D eigenvalue weighted by molar-refractivity contribution is 0.000439. The summed E-state index contributed by atoms with van der Waals surface area (Å²) >= 11 is 0. The Morgan fingerprint density at radius 1 is 1.25 bits per heavy atom. The van der Waals surface area contributed by atoms with E-state index in [2.05, 4.69) is 9.62 Å². The zero-order chi connectivity index (χ0) is 20.0. The van der Waals surface area contributed by atoms with Crippen molar-refractivity contribution < 1.29 is 27.4 Å². The first kappa shape index (κ1) is 21.2. The molecule has 28 heavy (non-hydrogen) atoms. The molecule has 2 aliphatic heterocycles. The van der Waals surface area contributed by atoms with Crippen LogP contribution < -0.4 is 4.72 Å². The van der Waals surface area contributed by atoms with Crippen LogP contribution in [0.5, 0.6) is 0 Å². The number of nitrogens with one attached hydrogen (secondary N) is 1. The molecule has 2 saturated heterocycles. The molecule has 0 aliphatic carbocycles. The number of ether oxygens (including phenoxy) is 3. The Balaban J connectivity index is 1.51. The number of carbonyl (C=O) groups excluding carboxylic acids is 1. The molecule has 0 saturated carbocycles. The molecule has 0 aromatic heterocycles. The average molecular weight is 413 g/mol. The number of rotatable bonds is 8. The van der Waals surface area contributed by atoms with Gasteiger partial charge in [-0.3, -0.25) is 4.90 Å². The molecule has 0 spiro atoms. The van der Waals surface area contributed by atoms with Crippen molar-refractivity contribution in [2.45, 2.75) is 36.9 Å². The van der Waals surface area contributed by atoms with Crippen LogP contribution in [0, 0.1) is 0 Å². The van der Waals surface area contributed by atoms with E-state index in [-0.39, 0.29) is 23.6 Å². The summed E-state index contributed by atoms with van der Waals surface area (Å²) < 4.78 is 43.5. The van der Waals surface area contributed by atoms with Gasteiger partial charge in [-0.1, -0.05) is 0 Å². The number of benzene rings is 1. The average Bonchev–Trinajstić information content (AvgIpc) is 3.21. The van der Waals surface area contributed by atoms with Gasteiger partial charge in [0.25, 0.3) is 0 Å². The smallest absolute Gasteiger partial charge is 0.338 e. The van der Waals surface area contributed by atoms with Gasteiger partial charge in [-0.15, -0.1) is 0 Å². The van der Waals surface area contributed by atoms with Crippen molar-refractivity contribution >= 4 is 16.0 Å². The molecule has 3 rings (SSSR count). The highest BCUT2D eigenvalue weighted by Crippen LogP contribution is 2.15. The zero-order valence-corrected chi connectivity index (χ0v) is 16.9. The maximum Gasteiger partial charge on any atom is 0.338 e. The second-order valence-corrected chi connectivity index (χ2v) is 8.91. The van der Waals surface area contributed by atoms with E-state index in [1.807, 2.05) is 6.92 Å². The van der Waals surface area contributed by atoms with Crippen molar-refractivity contribution in [3.05, 3.63) is 29.8 Å². The van der Waals surface area contributed by atoms with Crippen LogP contribution in [0.25, 0.3) is 0 Å². The van der Waals surface area contributed by atoms with Crippen LogP contribution in [0.4, 0.5) is 0 Å². The number of hydrogen-bond acceptors (Lipinski definition) is 7. The largest absolute Gasteiger partial charge is 0.458 e. The maximum atomic E-state index is 12.4. The summed E-state index contributed by atoms with van der Waals surface area (Å²) in [5.74, 6) is -0.461. The van der Waals surface area contributed by atoms with Gasteiger partial charge < -0.3 is 14.2 Å². The molecule has 0 amide bonds. The van der Waals surface area contributed by atoms with E-state index in [1.165, 1.54) is 24.3 Å². The van der Waals surface area contributed by atoms with E-state index in [0.29, 0.717) is 31.9 Å². The highest BCUT2D eigenvalue weighted by atomic mass is 32.2. The van der Waals surface area contributed by atoms with Crippen LogP contribution >= 0.6 is 0 Å². The third-order valence-electron chi connectivity index (χ3n) is 4.85. The molecular weight excluding hydrogens is 384 g/mol. The van der Waals surface area contributed by atoms with Gasteiger partial charge in [0.15, 0.2) is 0 Å². The molecular formula is C19H28N2O6S. The maximum absolute atomic E-state index is 12.4. The van der Waals surface area contributed by atoms with Crippen LogP contribution in [0.1, 0.15) is 30.1 Å². The molecule has 1 aromatic rings. The molecule has 0 unspecified atom stereocenters. The Hall–Kier alpha value is -1.52. The summed E-state index contributed by atoms with van der Waals surface area (Å²) in [6, 6.07) is 5.79. The molecule has 1 aromatic carbocycles. The van der Waals surface area contributed by atoms with Crippen LogP contribution in [-0.2, 0) is 24.2 Å². The number of hydrogen-bond donors (Lipinski definition) is 1. The lowest BCUT2D eigenvalue weighted by Gasteiger charge is -2.28. The molecule has 2 aliphatic rings. The molecule has 2 fully saturated rings. The number of morpholine rings is 1. The van der Waals surface area contributed by atoms with E-state index in [0.717, 1.165) is 25.9 Å². The molecule has 8 nitrogen and oxygen atoms in total. The molecule has 0 radical (unpaired) electrons. The third-order valence-corrected chi connectivity index (χ3v) is 6.29. The minimum atomic E-state index is -3.63. The molecule has 2 atom stereocenters. The van der Waals surface area contributed by atoms with E-state index in [4.69, 9.17) is 14.2 Å². The molecule has 0 bridgehead atoms. The Morgan fingerprint density at radius 2 is 1.96 bits per heavy atom. The SMILES string of the molecule is C[C@@H](CN1CCOCC1)OC(=O)c1ccc(S(=O)(=O)NC[C@H]2CCCO2)cc1. The molecule has 9 heteroatoms. The van der Waals surface area contributed by atoms with Gasteiger partial charge in [0.2, 0.25) is 10.0 Å². The van der Waals surface area contributed by atoms with Crippen molar-refractivity contribution in [3.63, 3.8) is 0 Å². The minimum absolute atomic E-state index is 0.0722. The van der Waals surface area contributed by atoms with Crippen molar-refractivity contribution in [3.8, 4) is 0 Å². The summed E-state index contributed by atoms with van der Waals surface area (Å²) in [4.78, 5) is 14.6. The summed E-state index contributed by atoms with van der Waals surface area (Å²) in [6.45, 7) is 6.46. The monoisotopic (exact) mass is 412 g/mol. The summed E-state index contributed by atoms with van der Waals surface area (Å²) in [7, 11) is -3.63. The van der Waals surface area contributed by atoms with Gasteiger partial charge in [0.1, 0.15) is 6.10 Å². The normalized spacial score (nSPS) is 22.1. The second-order valence-electron chi connectivity index (χ2n) is 7.14. The quantitative estimate of drug-likeness (QED) is 0.637. The third kappa shape index (κ3) is 5.99. The Morgan fingerprint density at radius 3 is 2.61 bits per heavy atom. The van der Waals surface area contributed by atoms with E-state index in [9.17, 15) is 13.2 Å². The van der Waals surface area contributed by atoms with Gasteiger partial charge in [0, 0.05) is 32.8 Å². The van der Waals surface area contributed by atoms with Gasteiger partial charge >= 0.3 is 5.97 Å². The fourth-order valence-corrected chi connectivity index (χ4v) is 4.36. The van der Waals surface area contributed by atoms with Crippen LogP contribution in [0.2, 0.25) is 0 Å². The van der Waals surface area contributed by atoms with Crippen molar-refractivity contribution in [1.29, 1.82) is 0 Å². The zero-order valence-electron chi connectivity index (χ0n) is 16.1. The first-order chi connectivity index (χ1) is 13.4. The Bertz CT molecular complexity index is 740. The minimum Gasteiger partial charge on any atom is -0.458 e. The van der Waals surface area contributed by atoms with Crippen molar-refractivity contribution in [2.75, 3.05) is 46.0 Å². The predicted octanol–water partition coefficient (Wildman–Crippen LogP) is 1.02. The number of carbonyl (C=O) groups is 1. The predicted molar refractivity (Wildman–Crippen MR) is 103 cm³/mol. The summed E-state index contributed by atoms with van der Waals surface area (Å²) in [6.07, 6.45) is 1.47. The first-order valence-corrected chi connectivity index (χ1v) is 11.1. The number of sulfonamides is 1. The fraction of sp³-hybridized carbons (Fsp3) is 0.632. The highest BCUT2D eigenvalue weighted by Gasteiger charge is 2.21. The molecule has 2 heterocycles. The Kier molecular flexibility index (Phi) is 7.42. The molecule has 1 N–H and O–H groups in total. The van der Waals surface area contributed by atoms with Gasteiger partial charge in [-0.25, -0.2) is 17.9 Å². The first-order valence-electron chi connectivity index (χ1n) is 9.66. The lowest BCUT2D eigenvalue weighted by Crippen LogP contribution is -2.41. The summed E-state index contributed by atoms with van der Waals surface area (Å²) in [5.41, 5.74) is 0.326. The van der Waals surface area contributed by atoms with E-state index < -0.39 is 16.0 Å². The standard InChI is InChI=1S/C19H28N2O6S/c1-15(14-21-8-11-25-12-9-21)27-19(22)16-4-6-18(7-5-16)28(23,24)20-13-17-3-2-10-26-17/h4-7,15,17,20H,2-3,8-14H2,1H3/t15-,17+/m0/s1. The molecule has 156 valence electrons. The number of esters is 1. The Labute approximate surface area is 166 Å². The van der Waals surface area contributed by atoms with E-state index in [1.54, 1.807) is 0 Å². The van der Waals surface area contributed by atoms with Crippen LogP contribution in [-0.4, -0.2) is 77.5 Å². The van der Waals surface area contributed by atoms with E-state index >= 15 is 0 Å². The van der Waals surface area contributed by atoms with Gasteiger partial charge in [-0.05, 0) is 44.0 Å². The fourth-order valence-electron chi connectivity index (χ4n) is 3.30. The van der Waals surface area contributed by atoms with Crippen molar-refractivity contribution in [1.82, 2.24) is 9.62 Å². The lowest BCUT2D eigenvalue weighted by atomic mass is 10.2.